The molecule has 0 unspecified atom stereocenters. The second kappa shape index (κ2) is 9.00. The van der Waals surface area contributed by atoms with E-state index in [-0.39, 0.29) is 23.5 Å². The summed E-state index contributed by atoms with van der Waals surface area (Å²) in [5.41, 5.74) is 1.06. The molecule has 3 rings (SSSR count). The van der Waals surface area contributed by atoms with E-state index in [4.69, 9.17) is 9.47 Å². The molecule has 0 spiro atoms. The van der Waals surface area contributed by atoms with Crippen molar-refractivity contribution in [1.29, 1.82) is 0 Å². The third-order valence-electron chi connectivity index (χ3n) is 3.99. The van der Waals surface area contributed by atoms with Crippen LogP contribution in [0.2, 0.25) is 0 Å². The SMILES string of the molecule is CCn1cc(Nc2ncc(OCc3cc(C(=O)OC)cc(OC)c3F)cn2)cn1. The minimum Gasteiger partial charge on any atom is -0.494 e. The van der Waals surface area contributed by atoms with Gasteiger partial charge < -0.3 is 19.5 Å². The molecule has 2 aromatic heterocycles. The van der Waals surface area contributed by atoms with Gasteiger partial charge in [0.15, 0.2) is 17.3 Å². The van der Waals surface area contributed by atoms with Crippen molar-refractivity contribution in [2.75, 3.05) is 19.5 Å². The number of hydrogen-bond acceptors (Lipinski definition) is 8. The predicted molar refractivity (Wildman–Crippen MR) is 102 cm³/mol. The van der Waals surface area contributed by atoms with Crippen LogP contribution in [-0.2, 0) is 17.9 Å². The van der Waals surface area contributed by atoms with Gasteiger partial charge in [0, 0.05) is 18.3 Å². The van der Waals surface area contributed by atoms with E-state index in [0.717, 1.165) is 12.2 Å². The first-order valence-corrected chi connectivity index (χ1v) is 8.73. The average Bonchev–Trinajstić information content (AvgIpc) is 3.21. The van der Waals surface area contributed by atoms with E-state index in [1.807, 2.05) is 13.1 Å². The van der Waals surface area contributed by atoms with Gasteiger partial charge in [-0.3, -0.25) is 4.68 Å². The molecule has 0 amide bonds. The first kappa shape index (κ1) is 20.1. The van der Waals surface area contributed by atoms with Crippen molar-refractivity contribution in [3.05, 3.63) is 53.9 Å². The zero-order valence-corrected chi connectivity index (χ0v) is 16.2. The lowest BCUT2D eigenvalue weighted by molar-refractivity contribution is 0.0600. The number of nitrogens with one attached hydrogen (secondary N) is 1. The number of nitrogens with zero attached hydrogens (tertiary/aromatic N) is 4. The fraction of sp³-hybridized carbons (Fsp3) is 0.263. The maximum atomic E-state index is 14.5. The Balaban J connectivity index is 1.68. The van der Waals surface area contributed by atoms with Crippen LogP contribution in [0.3, 0.4) is 0 Å². The largest absolute Gasteiger partial charge is 0.494 e. The molecular weight excluding hydrogens is 381 g/mol. The zero-order chi connectivity index (χ0) is 20.8. The number of anilines is 2. The van der Waals surface area contributed by atoms with Crippen LogP contribution in [0.4, 0.5) is 16.0 Å². The molecule has 1 N–H and O–H groups in total. The highest BCUT2D eigenvalue weighted by atomic mass is 19.1. The highest BCUT2D eigenvalue weighted by Gasteiger charge is 2.16. The highest BCUT2D eigenvalue weighted by Crippen LogP contribution is 2.25. The number of methoxy groups -OCH3 is 2. The molecule has 0 saturated carbocycles. The smallest absolute Gasteiger partial charge is 0.337 e. The van der Waals surface area contributed by atoms with E-state index in [1.54, 1.807) is 10.9 Å². The summed E-state index contributed by atoms with van der Waals surface area (Å²) in [6.07, 6.45) is 6.41. The molecule has 0 bridgehead atoms. The quantitative estimate of drug-likeness (QED) is 0.575. The summed E-state index contributed by atoms with van der Waals surface area (Å²) < 4.78 is 31.4. The van der Waals surface area contributed by atoms with Crippen molar-refractivity contribution < 1.29 is 23.4 Å². The maximum Gasteiger partial charge on any atom is 0.337 e. The third kappa shape index (κ3) is 4.78. The van der Waals surface area contributed by atoms with Crippen LogP contribution in [0.1, 0.15) is 22.8 Å². The monoisotopic (exact) mass is 401 g/mol. The standard InChI is InChI=1S/C19H20FN5O4/c1-4-25-10-14(7-23-25)24-19-21-8-15(9-22-19)29-11-13-5-12(18(26)28-3)6-16(27-2)17(13)20/h5-10H,4,11H2,1-3H3,(H,21,22,24). The first-order chi connectivity index (χ1) is 14.0. The molecule has 0 fully saturated rings. The number of halogens is 1. The van der Waals surface area contributed by atoms with Gasteiger partial charge in [0.25, 0.3) is 0 Å². The fourth-order valence-corrected chi connectivity index (χ4v) is 2.49. The summed E-state index contributed by atoms with van der Waals surface area (Å²) in [6, 6.07) is 2.63. The molecule has 2 heterocycles. The number of benzene rings is 1. The molecule has 0 saturated heterocycles. The summed E-state index contributed by atoms with van der Waals surface area (Å²) >= 11 is 0. The first-order valence-electron chi connectivity index (χ1n) is 8.73. The molecule has 1 aromatic carbocycles. The van der Waals surface area contributed by atoms with Crippen LogP contribution in [0.5, 0.6) is 11.5 Å². The molecule has 0 aliphatic carbocycles. The molecule has 3 aromatic rings. The Morgan fingerprint density at radius 2 is 1.97 bits per heavy atom. The van der Waals surface area contributed by atoms with Gasteiger partial charge in [-0.05, 0) is 19.1 Å². The summed E-state index contributed by atoms with van der Waals surface area (Å²) in [7, 11) is 2.56. The van der Waals surface area contributed by atoms with E-state index >= 15 is 0 Å². The summed E-state index contributed by atoms with van der Waals surface area (Å²) in [5, 5.41) is 7.18. The summed E-state index contributed by atoms with van der Waals surface area (Å²) in [6.45, 7) is 2.60. The van der Waals surface area contributed by atoms with Crippen LogP contribution < -0.4 is 14.8 Å². The van der Waals surface area contributed by atoms with Crippen molar-refractivity contribution in [2.45, 2.75) is 20.1 Å². The fourth-order valence-electron chi connectivity index (χ4n) is 2.49. The average molecular weight is 401 g/mol. The van der Waals surface area contributed by atoms with Crippen molar-refractivity contribution in [3.8, 4) is 11.5 Å². The minimum absolute atomic E-state index is 0.0741. The van der Waals surface area contributed by atoms with Gasteiger partial charge in [-0.2, -0.15) is 5.10 Å². The van der Waals surface area contributed by atoms with Gasteiger partial charge in [0.2, 0.25) is 5.95 Å². The number of ether oxygens (including phenoxy) is 3. The van der Waals surface area contributed by atoms with Gasteiger partial charge in [-0.15, -0.1) is 0 Å². The molecule has 0 atom stereocenters. The number of aromatic nitrogens is 4. The van der Waals surface area contributed by atoms with E-state index in [2.05, 4.69) is 25.1 Å². The summed E-state index contributed by atoms with van der Waals surface area (Å²) in [4.78, 5) is 20.1. The Labute approximate surface area is 166 Å². The van der Waals surface area contributed by atoms with Crippen molar-refractivity contribution in [2.24, 2.45) is 0 Å². The summed E-state index contributed by atoms with van der Waals surface area (Å²) in [5.74, 6) is -0.591. The molecule has 10 heteroatoms. The topological polar surface area (TPSA) is 100 Å². The van der Waals surface area contributed by atoms with Crippen LogP contribution in [-0.4, -0.2) is 39.9 Å². The van der Waals surface area contributed by atoms with E-state index in [1.165, 1.54) is 38.7 Å². The van der Waals surface area contributed by atoms with Crippen molar-refractivity contribution in [3.63, 3.8) is 0 Å². The molecule has 29 heavy (non-hydrogen) atoms. The molecule has 0 aliphatic heterocycles. The maximum absolute atomic E-state index is 14.5. The van der Waals surface area contributed by atoms with Crippen LogP contribution in [0.15, 0.2) is 36.9 Å². The van der Waals surface area contributed by atoms with Crippen molar-refractivity contribution in [1.82, 2.24) is 19.7 Å². The zero-order valence-electron chi connectivity index (χ0n) is 16.2. The molecular formula is C19H20FN5O4. The Morgan fingerprint density at radius 1 is 1.21 bits per heavy atom. The number of hydrogen-bond donors (Lipinski definition) is 1. The predicted octanol–water partition coefficient (Wildman–Crippen LogP) is 2.95. The van der Waals surface area contributed by atoms with Gasteiger partial charge in [0.1, 0.15) is 6.61 Å². The lowest BCUT2D eigenvalue weighted by Gasteiger charge is -2.11. The number of rotatable bonds is 8. The van der Waals surface area contributed by atoms with E-state index in [9.17, 15) is 9.18 Å². The molecule has 0 radical (unpaired) electrons. The number of esters is 1. The van der Waals surface area contributed by atoms with Gasteiger partial charge in [-0.1, -0.05) is 0 Å². The van der Waals surface area contributed by atoms with Gasteiger partial charge in [-0.25, -0.2) is 19.2 Å². The Morgan fingerprint density at radius 3 is 2.59 bits per heavy atom. The Bertz CT molecular complexity index is 991. The number of carbonyl (C=O) groups excluding carboxylic acids is 1. The number of aryl methyl sites for hydroxylation is 1. The molecule has 152 valence electrons. The lowest BCUT2D eigenvalue weighted by atomic mass is 10.1. The highest BCUT2D eigenvalue weighted by molar-refractivity contribution is 5.90. The van der Waals surface area contributed by atoms with Crippen LogP contribution >= 0.6 is 0 Å². The van der Waals surface area contributed by atoms with Crippen LogP contribution in [0, 0.1) is 5.82 Å². The molecule has 9 nitrogen and oxygen atoms in total. The number of carbonyl (C=O) groups is 1. The lowest BCUT2D eigenvalue weighted by Crippen LogP contribution is -2.07. The second-order valence-electron chi connectivity index (χ2n) is 5.88. The molecule has 0 aliphatic rings. The third-order valence-corrected chi connectivity index (χ3v) is 3.99. The van der Waals surface area contributed by atoms with Gasteiger partial charge in [0.05, 0.1) is 44.1 Å². The minimum atomic E-state index is -0.618. The van der Waals surface area contributed by atoms with Crippen LogP contribution in [0.25, 0.3) is 0 Å². The normalized spacial score (nSPS) is 10.5. The van der Waals surface area contributed by atoms with E-state index in [0.29, 0.717) is 11.7 Å². The van der Waals surface area contributed by atoms with E-state index < -0.39 is 11.8 Å². The Kier molecular flexibility index (Phi) is 6.22. The van der Waals surface area contributed by atoms with Crippen molar-refractivity contribution >= 4 is 17.6 Å². The Hall–Kier alpha value is -3.69. The van der Waals surface area contributed by atoms with Gasteiger partial charge >= 0.3 is 5.97 Å². The second-order valence-corrected chi connectivity index (χ2v) is 5.88.